The molecule has 1 aromatic rings. The summed E-state index contributed by atoms with van der Waals surface area (Å²) in [6.07, 6.45) is 3.91. The van der Waals surface area contributed by atoms with Crippen molar-refractivity contribution in [2.24, 2.45) is 0 Å². The van der Waals surface area contributed by atoms with Crippen molar-refractivity contribution in [3.63, 3.8) is 0 Å². The molecule has 0 aliphatic rings. The number of aromatic nitrogens is 2. The van der Waals surface area contributed by atoms with E-state index in [4.69, 9.17) is 0 Å². The highest BCUT2D eigenvalue weighted by Crippen LogP contribution is 1.91. The largest absolute Gasteiger partial charge is 0.467 e. The monoisotopic (exact) mass is 241 g/mol. The van der Waals surface area contributed by atoms with E-state index >= 15 is 0 Å². The van der Waals surface area contributed by atoms with E-state index < -0.39 is 12.1 Å². The second-order valence-corrected chi connectivity index (χ2v) is 3.39. The number of carbonyl (C=O) groups excluding carboxylic acids is 2. The number of methoxy groups -OCH3 is 1. The fourth-order valence-corrected chi connectivity index (χ4v) is 1.17. The SMILES string of the molecule is COC(=O)C(O)CNC(=O)CCn1ccnc1. The first-order valence-corrected chi connectivity index (χ1v) is 5.12. The molecule has 17 heavy (non-hydrogen) atoms. The summed E-state index contributed by atoms with van der Waals surface area (Å²) in [6.45, 7) is 0.357. The lowest BCUT2D eigenvalue weighted by molar-refractivity contribution is -0.150. The quantitative estimate of drug-likeness (QED) is 0.618. The number of aliphatic hydroxyl groups is 1. The molecule has 1 atom stereocenters. The van der Waals surface area contributed by atoms with Crippen LogP contribution in [0.1, 0.15) is 6.42 Å². The van der Waals surface area contributed by atoms with Crippen molar-refractivity contribution in [1.82, 2.24) is 14.9 Å². The van der Waals surface area contributed by atoms with Crippen molar-refractivity contribution in [2.75, 3.05) is 13.7 Å². The molecule has 1 rings (SSSR count). The molecule has 0 bridgehead atoms. The van der Waals surface area contributed by atoms with Gasteiger partial charge in [-0.05, 0) is 0 Å². The summed E-state index contributed by atoms with van der Waals surface area (Å²) in [7, 11) is 1.17. The van der Waals surface area contributed by atoms with E-state index in [1.807, 2.05) is 0 Å². The van der Waals surface area contributed by atoms with Gasteiger partial charge in [-0.3, -0.25) is 4.79 Å². The Labute approximate surface area is 98.4 Å². The Balaban J connectivity index is 2.19. The number of amides is 1. The number of aliphatic hydroxyl groups excluding tert-OH is 1. The predicted molar refractivity (Wildman–Crippen MR) is 57.9 cm³/mol. The topological polar surface area (TPSA) is 93.5 Å². The Bertz CT molecular complexity index is 364. The van der Waals surface area contributed by atoms with Gasteiger partial charge in [-0.15, -0.1) is 0 Å². The Hall–Kier alpha value is -1.89. The van der Waals surface area contributed by atoms with E-state index in [1.165, 1.54) is 7.11 Å². The molecule has 1 heterocycles. The van der Waals surface area contributed by atoms with Gasteiger partial charge in [0.15, 0.2) is 6.10 Å². The maximum absolute atomic E-state index is 11.3. The molecule has 7 nitrogen and oxygen atoms in total. The molecular weight excluding hydrogens is 226 g/mol. The Morgan fingerprint density at radius 2 is 2.35 bits per heavy atom. The van der Waals surface area contributed by atoms with Gasteiger partial charge in [0, 0.05) is 25.4 Å². The number of carbonyl (C=O) groups is 2. The number of aryl methyl sites for hydroxylation is 1. The minimum atomic E-state index is -1.32. The maximum Gasteiger partial charge on any atom is 0.336 e. The van der Waals surface area contributed by atoms with Crippen LogP contribution in [0.4, 0.5) is 0 Å². The third kappa shape index (κ3) is 4.64. The molecule has 2 N–H and O–H groups in total. The van der Waals surface area contributed by atoms with Crippen LogP contribution in [-0.4, -0.2) is 46.3 Å². The molecule has 1 unspecified atom stereocenters. The van der Waals surface area contributed by atoms with Gasteiger partial charge in [0.2, 0.25) is 5.91 Å². The van der Waals surface area contributed by atoms with Crippen molar-refractivity contribution in [2.45, 2.75) is 19.1 Å². The van der Waals surface area contributed by atoms with Crippen LogP contribution in [0.15, 0.2) is 18.7 Å². The molecule has 0 saturated carbocycles. The second kappa shape index (κ2) is 6.64. The summed E-state index contributed by atoms with van der Waals surface area (Å²) in [5, 5.41) is 11.7. The third-order valence-electron chi connectivity index (χ3n) is 2.12. The summed E-state index contributed by atoms with van der Waals surface area (Å²) >= 11 is 0. The maximum atomic E-state index is 11.3. The first-order chi connectivity index (χ1) is 8.13. The highest BCUT2D eigenvalue weighted by atomic mass is 16.5. The molecule has 0 fully saturated rings. The molecule has 7 heteroatoms. The standard InChI is InChI=1S/C10H15N3O4/c1-17-10(16)8(14)6-12-9(15)2-4-13-5-3-11-7-13/h3,5,7-8,14H,2,4,6H2,1H3,(H,12,15). The van der Waals surface area contributed by atoms with E-state index in [1.54, 1.807) is 23.3 Å². The number of rotatable bonds is 6. The van der Waals surface area contributed by atoms with Gasteiger partial charge in [-0.1, -0.05) is 0 Å². The second-order valence-electron chi connectivity index (χ2n) is 3.39. The molecule has 0 aliphatic heterocycles. The van der Waals surface area contributed by atoms with Crippen LogP contribution in [0.5, 0.6) is 0 Å². The van der Waals surface area contributed by atoms with Crippen molar-refractivity contribution >= 4 is 11.9 Å². The van der Waals surface area contributed by atoms with Gasteiger partial charge in [0.25, 0.3) is 0 Å². The third-order valence-corrected chi connectivity index (χ3v) is 2.12. The van der Waals surface area contributed by atoms with E-state index in [0.717, 1.165) is 0 Å². The number of hydrogen-bond acceptors (Lipinski definition) is 5. The average molecular weight is 241 g/mol. The van der Waals surface area contributed by atoms with Crippen LogP contribution in [0.25, 0.3) is 0 Å². The molecular formula is C10H15N3O4. The summed E-state index contributed by atoms with van der Waals surface area (Å²) in [5.41, 5.74) is 0. The van der Waals surface area contributed by atoms with Crippen molar-refractivity contribution in [3.05, 3.63) is 18.7 Å². The van der Waals surface area contributed by atoms with E-state index in [9.17, 15) is 14.7 Å². The fourth-order valence-electron chi connectivity index (χ4n) is 1.17. The van der Waals surface area contributed by atoms with E-state index in [2.05, 4.69) is 15.0 Å². The zero-order valence-corrected chi connectivity index (χ0v) is 9.50. The number of imidazole rings is 1. The van der Waals surface area contributed by atoms with Crippen molar-refractivity contribution < 1.29 is 19.4 Å². The molecule has 0 aromatic carbocycles. The lowest BCUT2D eigenvalue weighted by atomic mass is 10.3. The molecule has 1 amide bonds. The van der Waals surface area contributed by atoms with Gasteiger partial charge < -0.3 is 19.7 Å². The minimum absolute atomic E-state index is 0.143. The lowest BCUT2D eigenvalue weighted by Gasteiger charge is -2.09. The van der Waals surface area contributed by atoms with Crippen LogP contribution in [-0.2, 0) is 20.9 Å². The summed E-state index contributed by atoms with van der Waals surface area (Å²) < 4.78 is 6.07. The van der Waals surface area contributed by atoms with E-state index in [-0.39, 0.29) is 18.9 Å². The molecule has 0 saturated heterocycles. The van der Waals surface area contributed by atoms with Gasteiger partial charge in [0.05, 0.1) is 20.0 Å². The van der Waals surface area contributed by atoms with Crippen LogP contribution in [0.2, 0.25) is 0 Å². The van der Waals surface area contributed by atoms with Gasteiger partial charge >= 0.3 is 5.97 Å². The van der Waals surface area contributed by atoms with Crippen LogP contribution in [0.3, 0.4) is 0 Å². The van der Waals surface area contributed by atoms with Crippen LogP contribution >= 0.6 is 0 Å². The van der Waals surface area contributed by atoms with Gasteiger partial charge in [0.1, 0.15) is 0 Å². The zero-order chi connectivity index (χ0) is 12.7. The normalized spacial score (nSPS) is 11.9. The van der Waals surface area contributed by atoms with Gasteiger partial charge in [-0.25, -0.2) is 9.78 Å². The van der Waals surface area contributed by atoms with Crippen molar-refractivity contribution in [1.29, 1.82) is 0 Å². The predicted octanol–water partition coefficient (Wildman–Crippen LogP) is -1.08. The Morgan fingerprint density at radius 1 is 1.59 bits per heavy atom. The van der Waals surface area contributed by atoms with Crippen LogP contribution < -0.4 is 5.32 Å². The highest BCUT2D eigenvalue weighted by molar-refractivity contribution is 5.78. The number of ether oxygens (including phenoxy) is 1. The molecule has 0 aliphatic carbocycles. The number of hydrogen-bond donors (Lipinski definition) is 2. The van der Waals surface area contributed by atoms with Gasteiger partial charge in [-0.2, -0.15) is 0 Å². The number of esters is 1. The van der Waals surface area contributed by atoms with Crippen molar-refractivity contribution in [3.8, 4) is 0 Å². The summed E-state index contributed by atoms with van der Waals surface area (Å²) in [5.74, 6) is -1.01. The van der Waals surface area contributed by atoms with E-state index in [0.29, 0.717) is 6.54 Å². The minimum Gasteiger partial charge on any atom is -0.467 e. The summed E-state index contributed by atoms with van der Waals surface area (Å²) in [4.78, 5) is 26.0. The molecule has 1 aromatic heterocycles. The van der Waals surface area contributed by atoms with Crippen LogP contribution in [0, 0.1) is 0 Å². The first kappa shape index (κ1) is 13.2. The number of nitrogens with zero attached hydrogens (tertiary/aromatic N) is 2. The highest BCUT2D eigenvalue weighted by Gasteiger charge is 2.15. The average Bonchev–Trinajstić information content (AvgIpc) is 2.85. The Kier molecular flexibility index (Phi) is 5.15. The smallest absolute Gasteiger partial charge is 0.336 e. The summed E-state index contributed by atoms with van der Waals surface area (Å²) in [6, 6.07) is 0. The number of nitrogens with one attached hydrogen (secondary N) is 1. The molecule has 0 spiro atoms. The molecule has 94 valence electrons. The zero-order valence-electron chi connectivity index (χ0n) is 9.50. The fraction of sp³-hybridized carbons (Fsp3) is 0.500. The molecule has 0 radical (unpaired) electrons. The first-order valence-electron chi connectivity index (χ1n) is 5.12. The Morgan fingerprint density at radius 3 is 2.94 bits per heavy atom. The lowest BCUT2D eigenvalue weighted by Crippen LogP contribution is -2.37.